The largest absolute Gasteiger partial charge is 0.456 e. The number of hydrogen-bond donors (Lipinski definition) is 0. The molecule has 0 atom stereocenters. The first kappa shape index (κ1) is 49.1. The maximum Gasteiger partial charge on any atom is 0.220 e. The van der Waals surface area contributed by atoms with Crippen LogP contribution in [0.3, 0.4) is 0 Å². The van der Waals surface area contributed by atoms with Crippen LogP contribution < -0.4 is 0 Å². The Balaban J connectivity index is 1.08. The van der Waals surface area contributed by atoms with Crippen molar-refractivity contribution in [1.29, 1.82) is 5.26 Å². The number of nitriles is 1. The van der Waals surface area contributed by atoms with Gasteiger partial charge in [0.25, 0.3) is 0 Å². The minimum atomic E-state index is 0.385. The van der Waals surface area contributed by atoms with Crippen LogP contribution in [0.5, 0.6) is 0 Å². The molecule has 18 aromatic rings. The molecule has 18 rings (SSSR count). The molecule has 87 heavy (non-hydrogen) atoms. The van der Waals surface area contributed by atoms with E-state index in [1.165, 1.54) is 31.3 Å². The fourth-order valence-corrected chi connectivity index (χ4v) is 16.8. The molecule has 0 spiro atoms. The molecule has 5 heterocycles. The Kier molecular flexibility index (Phi) is 10.8. The lowest BCUT2D eigenvalue weighted by molar-refractivity contribution is 0.669. The summed E-state index contributed by atoms with van der Waals surface area (Å²) in [5.74, 6) is 0. The van der Waals surface area contributed by atoms with Gasteiger partial charge >= 0.3 is 0 Å². The molecule has 5 aromatic heterocycles. The molecule has 0 radical (unpaired) electrons. The number of rotatable bonds is 7. The van der Waals surface area contributed by atoms with Gasteiger partial charge in [0, 0.05) is 74.4 Å². The Morgan fingerprint density at radius 2 is 0.816 bits per heavy atom. The summed E-state index contributed by atoms with van der Waals surface area (Å²) in [6.45, 7) is 9.67. The lowest BCUT2D eigenvalue weighted by atomic mass is 9.88. The van der Waals surface area contributed by atoms with E-state index < -0.39 is 0 Å². The Morgan fingerprint density at radius 1 is 0.356 bits per heavy atom. The molecule has 402 valence electrons. The smallest absolute Gasteiger partial charge is 0.220 e. The average Bonchev–Trinajstić information content (AvgIpc) is 1.61. The standard InChI is InChI=1S/C80H44N4OS2/c1-82-74-68(49-26-10-4-11-27-49)61(46-81)75(69(50-28-12-5-13-29-50)78(74)83-62-36-16-14-30-57(62)70-53(34-18-37-63(70)83)54-35-19-39-65-71(54)58-31-15-17-38-64(58)85-65)84-76-55(42-44-59-72-51(47-22-6-2-7-23-47)32-20-40-66(72)86-79(59)76)56-43-45-60-73-52(48-24-8-3-9-25-48)33-21-41-67(73)87-80(60)77(56)84/h2-45H. The van der Waals surface area contributed by atoms with E-state index >= 15 is 0 Å². The minimum Gasteiger partial charge on any atom is -0.456 e. The number of nitrogens with zero attached hydrogens (tertiary/aromatic N) is 4. The van der Waals surface area contributed by atoms with Crippen LogP contribution in [-0.2, 0) is 0 Å². The number of hydrogen-bond acceptors (Lipinski definition) is 4. The minimum absolute atomic E-state index is 0.385. The molecule has 0 bridgehead atoms. The first-order valence-corrected chi connectivity index (χ1v) is 30.7. The van der Waals surface area contributed by atoms with E-state index in [2.05, 4.69) is 246 Å². The number of aromatic nitrogens is 2. The molecule has 0 unspecified atom stereocenters. The number of fused-ring (bicyclic) bond motifs is 17. The molecule has 0 saturated heterocycles. The first-order chi connectivity index (χ1) is 43.1. The van der Waals surface area contributed by atoms with Crippen molar-refractivity contribution in [3.05, 3.63) is 284 Å². The summed E-state index contributed by atoms with van der Waals surface area (Å²) in [6.07, 6.45) is 0. The van der Waals surface area contributed by atoms with Gasteiger partial charge in [0.1, 0.15) is 17.2 Å². The third-order valence-corrected chi connectivity index (χ3v) is 20.1. The van der Waals surface area contributed by atoms with Crippen LogP contribution >= 0.6 is 22.7 Å². The normalized spacial score (nSPS) is 11.9. The summed E-state index contributed by atoms with van der Waals surface area (Å²) in [6, 6.07) is 97.3. The molecule has 5 nitrogen and oxygen atoms in total. The van der Waals surface area contributed by atoms with E-state index in [9.17, 15) is 11.8 Å². The van der Waals surface area contributed by atoms with Crippen molar-refractivity contribution in [3.63, 3.8) is 0 Å². The zero-order valence-electron chi connectivity index (χ0n) is 46.4. The second kappa shape index (κ2) is 19.1. The predicted octanol–water partition coefficient (Wildman–Crippen LogP) is 23.3. The van der Waals surface area contributed by atoms with Crippen LogP contribution in [0.4, 0.5) is 5.69 Å². The zero-order chi connectivity index (χ0) is 57.4. The van der Waals surface area contributed by atoms with Gasteiger partial charge in [0.2, 0.25) is 5.69 Å². The first-order valence-electron chi connectivity index (χ1n) is 29.1. The van der Waals surface area contributed by atoms with Crippen LogP contribution in [-0.4, -0.2) is 9.13 Å². The SMILES string of the molecule is [C-]#[N+]c1c(-c2ccccc2)c(C#N)c(-n2c3c(ccc4c3sc3cccc(-c5ccccc5)c34)c3ccc4c(sc5cccc(-c6ccccc6)c54)c32)c(-c2ccccc2)c1-n1c2ccccc2c2c(-c3cccc4oc5ccccc5c34)cccc21. The maximum absolute atomic E-state index is 12.6. The highest BCUT2D eigenvalue weighted by atomic mass is 32.1. The van der Waals surface area contributed by atoms with Gasteiger partial charge in [-0.1, -0.05) is 231 Å². The second-order valence-corrected chi connectivity index (χ2v) is 24.4. The maximum atomic E-state index is 12.6. The summed E-state index contributed by atoms with van der Waals surface area (Å²) in [5, 5.41) is 23.6. The number of para-hydroxylation sites is 2. The summed E-state index contributed by atoms with van der Waals surface area (Å²) < 4.78 is 15.9. The fourth-order valence-electron chi connectivity index (χ4n) is 14.3. The summed E-state index contributed by atoms with van der Waals surface area (Å²) in [5.41, 5.74) is 17.5. The van der Waals surface area contributed by atoms with Crippen molar-refractivity contribution in [2.24, 2.45) is 0 Å². The predicted molar refractivity (Wildman–Crippen MR) is 366 cm³/mol. The van der Waals surface area contributed by atoms with E-state index in [-0.39, 0.29) is 0 Å². The quantitative estimate of drug-likeness (QED) is 0.149. The molecular weight excluding hydrogens is 1100 g/mol. The molecular formula is C80H44N4OS2. The fraction of sp³-hybridized carbons (Fsp3) is 0. The van der Waals surface area contributed by atoms with Gasteiger partial charge in [-0.2, -0.15) is 5.26 Å². The van der Waals surface area contributed by atoms with Gasteiger partial charge in [-0.25, -0.2) is 4.85 Å². The molecule has 0 fully saturated rings. The summed E-state index contributed by atoms with van der Waals surface area (Å²) in [7, 11) is 0. The molecule has 7 heteroatoms. The Hall–Kier alpha value is -11.3. The molecule has 0 amide bonds. The lowest BCUT2D eigenvalue weighted by Gasteiger charge is -2.26. The topological polar surface area (TPSA) is 51.1 Å². The second-order valence-electron chi connectivity index (χ2n) is 22.3. The summed E-state index contributed by atoms with van der Waals surface area (Å²) >= 11 is 3.61. The van der Waals surface area contributed by atoms with Crippen molar-refractivity contribution in [2.75, 3.05) is 0 Å². The van der Waals surface area contributed by atoms with Crippen LogP contribution in [0, 0.1) is 17.9 Å². The molecule has 0 N–H and O–H groups in total. The van der Waals surface area contributed by atoms with E-state index in [1.807, 2.05) is 36.4 Å². The molecule has 0 saturated carbocycles. The van der Waals surface area contributed by atoms with Crippen LogP contribution in [0.25, 0.3) is 178 Å². The van der Waals surface area contributed by atoms with Crippen molar-refractivity contribution in [2.45, 2.75) is 0 Å². The van der Waals surface area contributed by atoms with E-state index in [4.69, 9.17) is 9.26 Å². The van der Waals surface area contributed by atoms with Crippen LogP contribution in [0.15, 0.2) is 271 Å². The highest BCUT2D eigenvalue weighted by Gasteiger charge is 2.34. The number of benzene rings is 13. The van der Waals surface area contributed by atoms with Crippen molar-refractivity contribution >= 4 is 134 Å². The Labute approximate surface area is 506 Å². The van der Waals surface area contributed by atoms with E-state index in [0.717, 1.165) is 125 Å². The van der Waals surface area contributed by atoms with Crippen molar-refractivity contribution < 1.29 is 4.42 Å². The monoisotopic (exact) mass is 1140 g/mol. The lowest BCUT2D eigenvalue weighted by Crippen LogP contribution is -2.09. The zero-order valence-corrected chi connectivity index (χ0v) is 48.1. The molecule has 13 aromatic carbocycles. The Bertz CT molecular complexity index is 5840. The average molecular weight is 1140 g/mol. The van der Waals surface area contributed by atoms with Gasteiger partial charge in [-0.05, 0) is 80.9 Å². The van der Waals surface area contributed by atoms with E-state index in [0.29, 0.717) is 28.2 Å². The third kappa shape index (κ3) is 7.04. The van der Waals surface area contributed by atoms with Crippen molar-refractivity contribution in [1.82, 2.24) is 9.13 Å². The highest BCUT2D eigenvalue weighted by molar-refractivity contribution is 7.27. The van der Waals surface area contributed by atoms with E-state index in [1.54, 1.807) is 22.7 Å². The molecule has 0 aliphatic carbocycles. The van der Waals surface area contributed by atoms with Gasteiger partial charge in [0.05, 0.1) is 55.0 Å². The van der Waals surface area contributed by atoms with Crippen LogP contribution in [0.2, 0.25) is 0 Å². The van der Waals surface area contributed by atoms with Gasteiger partial charge in [-0.3, -0.25) is 0 Å². The van der Waals surface area contributed by atoms with Crippen LogP contribution in [0.1, 0.15) is 5.56 Å². The Morgan fingerprint density at radius 3 is 1.40 bits per heavy atom. The molecule has 0 aliphatic heterocycles. The van der Waals surface area contributed by atoms with Gasteiger partial charge < -0.3 is 13.6 Å². The van der Waals surface area contributed by atoms with Crippen molar-refractivity contribution in [3.8, 4) is 73.1 Å². The van der Waals surface area contributed by atoms with Gasteiger partial charge in [-0.15, -0.1) is 22.7 Å². The number of thiophene rings is 2. The molecule has 0 aliphatic rings. The number of furan rings is 1. The van der Waals surface area contributed by atoms with Gasteiger partial charge in [0.15, 0.2) is 0 Å². The summed E-state index contributed by atoms with van der Waals surface area (Å²) in [4.78, 5) is 4.70. The highest BCUT2D eigenvalue weighted by Crippen LogP contribution is 2.56. The third-order valence-electron chi connectivity index (χ3n) is 17.8.